The van der Waals surface area contributed by atoms with Crippen LogP contribution < -0.4 is 0 Å². The standard InChI is InChI=1S/C8H18O4SSi.Na/c1-5-9-14(10-6-2,11-7-3)12-8(4)13;/h5-7H2,1-4H3;. The summed E-state index contributed by atoms with van der Waals surface area (Å²) >= 11 is 4.86. The van der Waals surface area contributed by atoms with Crippen LogP contribution in [0.3, 0.4) is 0 Å². The van der Waals surface area contributed by atoms with Gasteiger partial charge in [-0.25, -0.2) is 0 Å². The monoisotopic (exact) mass is 261 g/mol. The Hall–Kier alpha value is 0.987. The van der Waals surface area contributed by atoms with Gasteiger partial charge in [-0.3, -0.25) is 0 Å². The molecule has 0 aromatic heterocycles. The fourth-order valence-electron chi connectivity index (χ4n) is 0.920. The summed E-state index contributed by atoms with van der Waals surface area (Å²) in [6, 6.07) is 0. The second-order valence-electron chi connectivity index (χ2n) is 2.39. The third-order valence-corrected chi connectivity index (χ3v) is 3.95. The Labute approximate surface area is 120 Å². The minimum Gasteiger partial charge on any atom is -0.474 e. The van der Waals surface area contributed by atoms with Gasteiger partial charge < -0.3 is 17.7 Å². The van der Waals surface area contributed by atoms with E-state index in [9.17, 15) is 0 Å². The Morgan fingerprint density at radius 3 is 1.53 bits per heavy atom. The quantitative estimate of drug-likeness (QED) is 0.513. The average molecular weight is 261 g/mol. The molecule has 0 aliphatic carbocycles. The van der Waals surface area contributed by atoms with Crippen molar-refractivity contribution in [2.24, 2.45) is 0 Å². The van der Waals surface area contributed by atoms with Crippen LogP contribution in [0.4, 0.5) is 0 Å². The summed E-state index contributed by atoms with van der Waals surface area (Å²) in [7, 11) is -3.00. The van der Waals surface area contributed by atoms with Gasteiger partial charge in [0.1, 0.15) is 5.05 Å². The van der Waals surface area contributed by atoms with Crippen LogP contribution in [0.1, 0.15) is 27.7 Å². The molecule has 0 aromatic carbocycles. The molecular formula is C8H18NaO4SSi. The Morgan fingerprint density at radius 1 is 1.00 bits per heavy atom. The first-order valence-electron chi connectivity index (χ1n) is 4.71. The normalized spacial score (nSPS) is 10.7. The number of hydrogen-bond acceptors (Lipinski definition) is 5. The van der Waals surface area contributed by atoms with E-state index in [4.69, 9.17) is 29.9 Å². The third-order valence-electron chi connectivity index (χ3n) is 1.23. The van der Waals surface area contributed by atoms with E-state index < -0.39 is 9.05 Å². The van der Waals surface area contributed by atoms with E-state index in [0.717, 1.165) is 0 Å². The van der Waals surface area contributed by atoms with E-state index in [0.29, 0.717) is 24.9 Å². The van der Waals surface area contributed by atoms with E-state index >= 15 is 0 Å². The van der Waals surface area contributed by atoms with Gasteiger partial charge in [0.25, 0.3) is 0 Å². The molecule has 4 nitrogen and oxygen atoms in total. The average Bonchev–Trinajstić information content (AvgIpc) is 2.03. The third kappa shape index (κ3) is 7.81. The van der Waals surface area contributed by atoms with E-state index in [1.807, 2.05) is 20.8 Å². The molecule has 0 bridgehead atoms. The molecule has 0 spiro atoms. The van der Waals surface area contributed by atoms with Gasteiger partial charge in [-0.15, -0.1) is 0 Å². The molecule has 0 amide bonds. The molecule has 1 radical (unpaired) electrons. The van der Waals surface area contributed by atoms with Crippen molar-refractivity contribution >= 4 is 55.9 Å². The van der Waals surface area contributed by atoms with Crippen molar-refractivity contribution in [1.29, 1.82) is 0 Å². The van der Waals surface area contributed by atoms with Gasteiger partial charge in [0.2, 0.25) is 0 Å². The van der Waals surface area contributed by atoms with E-state index in [-0.39, 0.29) is 29.6 Å². The SMILES string of the molecule is CCO[Si](OCC)(OCC)OC(C)=S.[Na]. The summed E-state index contributed by atoms with van der Waals surface area (Å²) < 4.78 is 21.6. The van der Waals surface area contributed by atoms with Crippen LogP contribution >= 0.6 is 12.2 Å². The first kappa shape index (κ1) is 18.4. The molecule has 0 aromatic rings. The van der Waals surface area contributed by atoms with Crippen molar-refractivity contribution in [3.05, 3.63) is 0 Å². The van der Waals surface area contributed by atoms with Crippen LogP contribution in [-0.2, 0) is 17.7 Å². The zero-order chi connectivity index (χ0) is 11.0. The summed E-state index contributed by atoms with van der Waals surface area (Å²) in [5.74, 6) is 0. The molecule has 0 aliphatic rings. The van der Waals surface area contributed by atoms with Gasteiger partial charge in [-0.1, -0.05) is 0 Å². The molecule has 7 heteroatoms. The Morgan fingerprint density at radius 2 is 1.33 bits per heavy atom. The molecule has 0 unspecified atom stereocenters. The Bertz CT molecular complexity index is 165. The molecule has 0 rings (SSSR count). The van der Waals surface area contributed by atoms with Gasteiger partial charge in [-0.2, -0.15) is 0 Å². The first-order valence-corrected chi connectivity index (χ1v) is 6.75. The molecule has 15 heavy (non-hydrogen) atoms. The predicted molar refractivity (Wildman–Crippen MR) is 65.7 cm³/mol. The molecule has 0 saturated carbocycles. The number of rotatable bonds is 7. The summed E-state index contributed by atoms with van der Waals surface area (Å²) in [4.78, 5) is 0. The maximum atomic E-state index is 5.41. The second kappa shape index (κ2) is 10.2. The van der Waals surface area contributed by atoms with Crippen LogP contribution in [0.25, 0.3) is 0 Å². The molecular weight excluding hydrogens is 243 g/mol. The van der Waals surface area contributed by atoms with Crippen LogP contribution in [0.5, 0.6) is 0 Å². The van der Waals surface area contributed by atoms with E-state index in [2.05, 4.69) is 0 Å². The molecule has 0 atom stereocenters. The van der Waals surface area contributed by atoms with Crippen molar-refractivity contribution in [3.63, 3.8) is 0 Å². The molecule has 85 valence electrons. The van der Waals surface area contributed by atoms with Crippen molar-refractivity contribution in [2.45, 2.75) is 27.7 Å². The number of hydrogen-bond donors (Lipinski definition) is 0. The van der Waals surface area contributed by atoms with Crippen LogP contribution in [0.15, 0.2) is 0 Å². The van der Waals surface area contributed by atoms with Gasteiger partial charge in [0.05, 0.1) is 0 Å². The van der Waals surface area contributed by atoms with Crippen LogP contribution in [0.2, 0.25) is 0 Å². The van der Waals surface area contributed by atoms with Gasteiger partial charge in [-0.05, 0) is 33.0 Å². The fraction of sp³-hybridized carbons (Fsp3) is 0.875. The topological polar surface area (TPSA) is 36.9 Å². The van der Waals surface area contributed by atoms with Crippen LogP contribution in [-0.4, -0.2) is 63.5 Å². The van der Waals surface area contributed by atoms with Crippen molar-refractivity contribution in [2.75, 3.05) is 19.8 Å². The van der Waals surface area contributed by atoms with E-state index in [1.54, 1.807) is 6.92 Å². The molecule has 0 N–H and O–H groups in total. The molecule has 0 saturated heterocycles. The molecule has 0 heterocycles. The second-order valence-corrected chi connectivity index (χ2v) is 5.04. The zero-order valence-electron chi connectivity index (χ0n) is 10.2. The van der Waals surface area contributed by atoms with Crippen molar-refractivity contribution < 1.29 is 17.7 Å². The summed E-state index contributed by atoms with van der Waals surface area (Å²) in [5, 5.41) is 0.381. The minimum absolute atomic E-state index is 0. The maximum absolute atomic E-state index is 5.41. The molecule has 0 fully saturated rings. The predicted octanol–water partition coefficient (Wildman–Crippen LogP) is 1.51. The molecule has 0 aliphatic heterocycles. The summed E-state index contributed by atoms with van der Waals surface area (Å²) in [6.07, 6.45) is 0. The van der Waals surface area contributed by atoms with Gasteiger partial charge >= 0.3 is 9.05 Å². The fourth-order valence-corrected chi connectivity index (χ4v) is 3.07. The zero-order valence-corrected chi connectivity index (χ0v) is 14.0. The van der Waals surface area contributed by atoms with Gasteiger partial charge in [0, 0.05) is 56.3 Å². The van der Waals surface area contributed by atoms with Crippen molar-refractivity contribution in [1.82, 2.24) is 0 Å². The Kier molecular flexibility index (Phi) is 12.4. The smallest absolute Gasteiger partial charge is 0.474 e. The summed E-state index contributed by atoms with van der Waals surface area (Å²) in [5.41, 5.74) is 0. The Balaban J connectivity index is 0. The minimum atomic E-state index is -3.00. The van der Waals surface area contributed by atoms with E-state index in [1.165, 1.54) is 0 Å². The summed E-state index contributed by atoms with van der Waals surface area (Å²) in [6.45, 7) is 8.71. The number of thiocarbonyl (C=S) groups is 1. The van der Waals surface area contributed by atoms with Crippen molar-refractivity contribution in [3.8, 4) is 0 Å². The van der Waals surface area contributed by atoms with Crippen LogP contribution in [0, 0.1) is 0 Å². The van der Waals surface area contributed by atoms with Gasteiger partial charge in [0.15, 0.2) is 0 Å². The maximum Gasteiger partial charge on any atom is 0.750 e. The largest absolute Gasteiger partial charge is 0.750 e. The first-order chi connectivity index (χ1) is 6.60.